The summed E-state index contributed by atoms with van der Waals surface area (Å²) >= 11 is 0. The van der Waals surface area contributed by atoms with Crippen LogP contribution in [0.15, 0.2) is 36.9 Å². The van der Waals surface area contributed by atoms with Crippen LogP contribution in [-0.4, -0.2) is 23.3 Å². The van der Waals surface area contributed by atoms with Crippen molar-refractivity contribution >= 4 is 0 Å². The van der Waals surface area contributed by atoms with E-state index in [4.69, 9.17) is 15.2 Å². The lowest BCUT2D eigenvalue weighted by Crippen LogP contribution is -2.07. The molecular weight excluding hydrogens is 230 g/mol. The van der Waals surface area contributed by atoms with E-state index in [-0.39, 0.29) is 0 Å². The highest BCUT2D eigenvalue weighted by Crippen LogP contribution is 2.27. The third-order valence-corrected chi connectivity index (χ3v) is 2.63. The lowest BCUT2D eigenvalue weighted by molar-refractivity contribution is 0.279. The van der Waals surface area contributed by atoms with Crippen LogP contribution in [0.25, 0.3) is 0 Å². The molecule has 5 nitrogen and oxygen atoms in total. The van der Waals surface area contributed by atoms with Crippen LogP contribution in [0.5, 0.6) is 11.5 Å². The molecule has 0 saturated carbocycles. The molecule has 0 atom stereocenters. The summed E-state index contributed by atoms with van der Waals surface area (Å²) in [6.07, 6.45) is 5.41. The highest BCUT2D eigenvalue weighted by atomic mass is 16.5. The zero-order valence-corrected chi connectivity index (χ0v) is 10.4. The average Bonchev–Trinajstić information content (AvgIpc) is 2.92. The predicted octanol–water partition coefficient (Wildman–Crippen LogP) is 1.43. The molecule has 5 heteroatoms. The molecule has 96 valence electrons. The van der Waals surface area contributed by atoms with Crippen LogP contribution in [0.1, 0.15) is 5.56 Å². The number of nitrogens with two attached hydrogens (primary N) is 1. The van der Waals surface area contributed by atoms with Gasteiger partial charge in [-0.25, -0.2) is 4.98 Å². The van der Waals surface area contributed by atoms with Gasteiger partial charge in [-0.05, 0) is 17.7 Å². The minimum absolute atomic E-state index is 0.492. The van der Waals surface area contributed by atoms with Crippen molar-refractivity contribution in [2.75, 3.05) is 13.7 Å². The van der Waals surface area contributed by atoms with Crippen LogP contribution in [0.4, 0.5) is 0 Å². The molecule has 0 saturated heterocycles. The van der Waals surface area contributed by atoms with Gasteiger partial charge in [-0.3, -0.25) is 0 Å². The summed E-state index contributed by atoms with van der Waals surface area (Å²) in [6, 6.07) is 5.72. The molecule has 2 N–H and O–H groups in total. The van der Waals surface area contributed by atoms with Crippen LogP contribution in [0, 0.1) is 0 Å². The van der Waals surface area contributed by atoms with E-state index in [9.17, 15) is 0 Å². The number of imidazole rings is 1. The molecule has 0 aliphatic rings. The first kappa shape index (κ1) is 12.4. The van der Waals surface area contributed by atoms with Gasteiger partial charge in [-0.15, -0.1) is 0 Å². The Morgan fingerprint density at radius 1 is 1.33 bits per heavy atom. The number of methoxy groups -OCH3 is 1. The summed E-state index contributed by atoms with van der Waals surface area (Å²) in [5.74, 6) is 1.44. The second kappa shape index (κ2) is 6.07. The van der Waals surface area contributed by atoms with Crippen molar-refractivity contribution in [3.63, 3.8) is 0 Å². The Bertz CT molecular complexity index is 483. The summed E-state index contributed by atoms with van der Waals surface area (Å²) in [5.41, 5.74) is 6.60. The molecule has 1 aromatic heterocycles. The van der Waals surface area contributed by atoms with Crippen molar-refractivity contribution in [1.29, 1.82) is 0 Å². The number of hydrogen-bond donors (Lipinski definition) is 1. The minimum atomic E-state index is 0.492. The summed E-state index contributed by atoms with van der Waals surface area (Å²) in [6.45, 7) is 1.81. The molecule has 0 aliphatic carbocycles. The first-order valence-electron chi connectivity index (χ1n) is 5.79. The maximum Gasteiger partial charge on any atom is 0.161 e. The van der Waals surface area contributed by atoms with Crippen molar-refractivity contribution in [3.05, 3.63) is 42.5 Å². The third-order valence-electron chi connectivity index (χ3n) is 2.63. The van der Waals surface area contributed by atoms with Crippen molar-refractivity contribution in [2.45, 2.75) is 13.1 Å². The maximum atomic E-state index is 5.69. The molecule has 2 rings (SSSR count). The lowest BCUT2D eigenvalue weighted by Gasteiger charge is -2.12. The molecule has 18 heavy (non-hydrogen) atoms. The number of nitrogens with zero attached hydrogens (tertiary/aromatic N) is 2. The summed E-state index contributed by atoms with van der Waals surface area (Å²) in [7, 11) is 1.62. The number of ether oxygens (including phenoxy) is 2. The fraction of sp³-hybridized carbons (Fsp3) is 0.308. The van der Waals surface area contributed by atoms with Gasteiger partial charge in [0.25, 0.3) is 0 Å². The van der Waals surface area contributed by atoms with Crippen LogP contribution in [0.3, 0.4) is 0 Å². The van der Waals surface area contributed by atoms with Gasteiger partial charge < -0.3 is 19.8 Å². The summed E-state index contributed by atoms with van der Waals surface area (Å²) < 4.78 is 12.9. The van der Waals surface area contributed by atoms with Crippen LogP contribution < -0.4 is 15.2 Å². The quantitative estimate of drug-likeness (QED) is 0.838. The van der Waals surface area contributed by atoms with Crippen molar-refractivity contribution in [1.82, 2.24) is 9.55 Å². The SMILES string of the molecule is COc1cc(CN)ccc1OCCn1ccnc1. The first-order valence-corrected chi connectivity index (χ1v) is 5.79. The van der Waals surface area contributed by atoms with Crippen molar-refractivity contribution < 1.29 is 9.47 Å². The van der Waals surface area contributed by atoms with E-state index in [1.807, 2.05) is 29.0 Å². The van der Waals surface area contributed by atoms with E-state index in [2.05, 4.69) is 4.98 Å². The van der Waals surface area contributed by atoms with Gasteiger partial charge in [-0.2, -0.15) is 0 Å². The van der Waals surface area contributed by atoms with Crippen LogP contribution in [-0.2, 0) is 13.1 Å². The maximum absolute atomic E-state index is 5.69. The largest absolute Gasteiger partial charge is 0.493 e. The van der Waals surface area contributed by atoms with E-state index in [1.165, 1.54) is 0 Å². The van der Waals surface area contributed by atoms with Gasteiger partial charge in [0.05, 0.1) is 20.0 Å². The summed E-state index contributed by atoms with van der Waals surface area (Å²) in [5, 5.41) is 0. The lowest BCUT2D eigenvalue weighted by atomic mass is 10.2. The van der Waals surface area contributed by atoms with Gasteiger partial charge in [0.15, 0.2) is 11.5 Å². The Labute approximate surface area is 106 Å². The Hall–Kier alpha value is -2.01. The number of benzene rings is 1. The molecule has 0 bridgehead atoms. The molecule has 1 heterocycles. The number of rotatable bonds is 6. The number of hydrogen-bond acceptors (Lipinski definition) is 4. The molecule has 1 aromatic carbocycles. The van der Waals surface area contributed by atoms with Gasteiger partial charge >= 0.3 is 0 Å². The Morgan fingerprint density at radius 3 is 2.89 bits per heavy atom. The molecule has 0 spiro atoms. The Morgan fingerprint density at radius 2 is 2.22 bits per heavy atom. The predicted molar refractivity (Wildman–Crippen MR) is 68.6 cm³/mol. The second-order valence-electron chi connectivity index (χ2n) is 3.84. The third kappa shape index (κ3) is 3.01. The van der Waals surface area contributed by atoms with Gasteiger partial charge in [0.1, 0.15) is 6.61 Å². The molecule has 0 unspecified atom stereocenters. The van der Waals surface area contributed by atoms with Crippen LogP contribution in [0.2, 0.25) is 0 Å². The first-order chi connectivity index (χ1) is 8.83. The zero-order chi connectivity index (χ0) is 12.8. The second-order valence-corrected chi connectivity index (χ2v) is 3.84. The molecule has 0 fully saturated rings. The zero-order valence-electron chi connectivity index (χ0n) is 10.4. The fourth-order valence-corrected chi connectivity index (χ4v) is 1.64. The topological polar surface area (TPSA) is 62.3 Å². The Kier molecular flexibility index (Phi) is 4.20. The normalized spacial score (nSPS) is 10.3. The van der Waals surface area contributed by atoms with Crippen molar-refractivity contribution in [3.8, 4) is 11.5 Å². The molecule has 2 aromatic rings. The van der Waals surface area contributed by atoms with Gasteiger partial charge in [-0.1, -0.05) is 6.07 Å². The minimum Gasteiger partial charge on any atom is -0.493 e. The highest BCUT2D eigenvalue weighted by molar-refractivity contribution is 5.42. The molecule has 0 radical (unpaired) electrons. The average molecular weight is 247 g/mol. The summed E-state index contributed by atoms with van der Waals surface area (Å²) in [4.78, 5) is 3.97. The smallest absolute Gasteiger partial charge is 0.161 e. The molecule has 0 aliphatic heterocycles. The van der Waals surface area contributed by atoms with E-state index in [0.29, 0.717) is 18.9 Å². The molecular formula is C13H17N3O2. The monoisotopic (exact) mass is 247 g/mol. The van der Waals surface area contributed by atoms with Crippen LogP contribution >= 0.6 is 0 Å². The van der Waals surface area contributed by atoms with E-state index >= 15 is 0 Å². The van der Waals surface area contributed by atoms with E-state index in [1.54, 1.807) is 19.6 Å². The Balaban J connectivity index is 1.96. The fourth-order valence-electron chi connectivity index (χ4n) is 1.64. The molecule has 0 amide bonds. The van der Waals surface area contributed by atoms with Gasteiger partial charge in [0.2, 0.25) is 0 Å². The highest BCUT2D eigenvalue weighted by Gasteiger charge is 2.05. The van der Waals surface area contributed by atoms with Gasteiger partial charge in [0, 0.05) is 18.9 Å². The standard InChI is InChI=1S/C13H17N3O2/c1-17-13-8-11(9-14)2-3-12(13)18-7-6-16-5-4-15-10-16/h2-5,8,10H,6-7,9,14H2,1H3. The van der Waals surface area contributed by atoms with E-state index in [0.717, 1.165) is 17.9 Å². The van der Waals surface area contributed by atoms with E-state index < -0.39 is 0 Å². The van der Waals surface area contributed by atoms with Crippen molar-refractivity contribution in [2.24, 2.45) is 5.73 Å². The number of aromatic nitrogens is 2.